The van der Waals surface area contributed by atoms with Crippen LogP contribution in [0.5, 0.6) is 5.75 Å². The minimum atomic E-state index is -0.740. The van der Waals surface area contributed by atoms with E-state index in [0.717, 1.165) is 16.2 Å². The third-order valence-corrected chi connectivity index (χ3v) is 5.46. The maximum Gasteiger partial charge on any atom is 0.226 e. The number of benzene rings is 2. The van der Waals surface area contributed by atoms with Crippen molar-refractivity contribution in [2.45, 2.75) is 19.3 Å². The zero-order valence-electron chi connectivity index (χ0n) is 15.7. The van der Waals surface area contributed by atoms with E-state index < -0.39 is 11.7 Å². The van der Waals surface area contributed by atoms with E-state index in [-0.39, 0.29) is 29.4 Å². The Morgan fingerprint density at radius 1 is 1.28 bits per heavy atom. The summed E-state index contributed by atoms with van der Waals surface area (Å²) in [5.41, 5.74) is 2.22. The van der Waals surface area contributed by atoms with Crippen LogP contribution < -0.4 is 10.1 Å². The van der Waals surface area contributed by atoms with Crippen LogP contribution in [0.4, 0.5) is 10.2 Å². The average Bonchev–Trinajstić information content (AvgIpc) is 3.03. The van der Waals surface area contributed by atoms with Gasteiger partial charge in [0.1, 0.15) is 5.82 Å². The molecule has 0 unspecified atom stereocenters. The monoisotopic (exact) mass is 457 g/mol. The largest absolute Gasteiger partial charge is 0.494 e. The second kappa shape index (κ2) is 7.44. The van der Waals surface area contributed by atoms with Crippen LogP contribution in [0.15, 0.2) is 46.9 Å². The molecule has 0 saturated heterocycles. The number of ketones is 1. The van der Waals surface area contributed by atoms with Gasteiger partial charge in [-0.25, -0.2) is 9.07 Å². The molecular weight excluding hydrogens is 441 g/mol. The minimum Gasteiger partial charge on any atom is -0.494 e. The summed E-state index contributed by atoms with van der Waals surface area (Å²) in [6.07, 6.45) is -0.0215. The van der Waals surface area contributed by atoms with E-state index in [4.69, 9.17) is 4.74 Å². The molecule has 8 heteroatoms. The first-order valence-corrected chi connectivity index (χ1v) is 9.71. The number of ether oxygens (including phenoxy) is 1. The Morgan fingerprint density at radius 2 is 2.00 bits per heavy atom. The van der Waals surface area contributed by atoms with Gasteiger partial charge in [-0.15, -0.1) is 0 Å². The van der Waals surface area contributed by atoms with Crippen LogP contribution in [0, 0.1) is 12.7 Å². The maximum absolute atomic E-state index is 14.1. The molecule has 4 rings (SSSR count). The molecule has 1 aliphatic rings. The number of methoxy groups -OCH3 is 1. The number of halogens is 2. The number of anilines is 1. The Morgan fingerprint density at radius 3 is 2.66 bits per heavy atom. The maximum atomic E-state index is 14.1. The first-order chi connectivity index (χ1) is 13.9. The fourth-order valence-corrected chi connectivity index (χ4v) is 3.83. The zero-order chi connectivity index (χ0) is 20.7. The summed E-state index contributed by atoms with van der Waals surface area (Å²) in [5, 5.41) is 7.37. The van der Waals surface area contributed by atoms with E-state index in [1.165, 1.54) is 19.2 Å². The highest BCUT2D eigenvalue weighted by Gasteiger charge is 2.36. The summed E-state index contributed by atoms with van der Waals surface area (Å²) in [6.45, 7) is 1.79. The molecule has 0 saturated carbocycles. The van der Waals surface area contributed by atoms with Crippen LogP contribution in [-0.4, -0.2) is 28.6 Å². The third kappa shape index (κ3) is 3.44. The number of carbonyl (C=O) groups is 2. The van der Waals surface area contributed by atoms with Crippen LogP contribution in [0.1, 0.15) is 34.0 Å². The van der Waals surface area contributed by atoms with Gasteiger partial charge in [0.25, 0.3) is 0 Å². The topological polar surface area (TPSA) is 73.2 Å². The van der Waals surface area contributed by atoms with E-state index in [1.54, 1.807) is 11.6 Å². The first kappa shape index (κ1) is 19.3. The third-order valence-electron chi connectivity index (χ3n) is 4.93. The number of aryl methyl sites for hydroxylation is 1. The molecule has 1 aromatic heterocycles. The van der Waals surface area contributed by atoms with Gasteiger partial charge in [0.05, 0.1) is 24.4 Å². The van der Waals surface area contributed by atoms with Crippen molar-refractivity contribution < 1.29 is 18.7 Å². The molecule has 2 aromatic carbocycles. The van der Waals surface area contributed by atoms with E-state index in [9.17, 15) is 14.0 Å². The van der Waals surface area contributed by atoms with Crippen molar-refractivity contribution in [3.05, 3.63) is 69.6 Å². The molecule has 29 heavy (non-hydrogen) atoms. The number of nitrogens with zero attached hydrogens (tertiary/aromatic N) is 2. The number of amides is 1. The lowest BCUT2D eigenvalue weighted by Crippen LogP contribution is -2.28. The van der Waals surface area contributed by atoms with Gasteiger partial charge in [-0.1, -0.05) is 15.9 Å². The number of hydrogen-bond donors (Lipinski definition) is 1. The van der Waals surface area contributed by atoms with Gasteiger partial charge in [-0.3, -0.25) is 9.59 Å². The van der Waals surface area contributed by atoms with E-state index in [0.29, 0.717) is 17.1 Å². The number of aromatic nitrogens is 2. The molecule has 2 heterocycles. The SMILES string of the molecule is COc1ccc(C(=O)[C@@H]2CC(=O)Nc3c2c(C)nn3-c2ccc(Br)cc2)cc1F. The highest BCUT2D eigenvalue weighted by Crippen LogP contribution is 2.38. The summed E-state index contributed by atoms with van der Waals surface area (Å²) >= 11 is 3.39. The van der Waals surface area contributed by atoms with Crippen LogP contribution in [-0.2, 0) is 4.79 Å². The lowest BCUT2D eigenvalue weighted by molar-refractivity contribution is -0.116. The van der Waals surface area contributed by atoms with Crippen molar-refractivity contribution in [1.82, 2.24) is 9.78 Å². The summed E-state index contributed by atoms with van der Waals surface area (Å²) in [5.74, 6) is -1.46. The van der Waals surface area contributed by atoms with Crippen molar-refractivity contribution in [2.24, 2.45) is 0 Å². The van der Waals surface area contributed by atoms with Gasteiger partial charge < -0.3 is 10.1 Å². The molecule has 3 aromatic rings. The zero-order valence-corrected chi connectivity index (χ0v) is 17.3. The van der Waals surface area contributed by atoms with Crippen molar-refractivity contribution in [1.29, 1.82) is 0 Å². The van der Waals surface area contributed by atoms with Gasteiger partial charge in [-0.2, -0.15) is 5.10 Å². The number of carbonyl (C=O) groups excluding carboxylic acids is 2. The molecule has 1 aliphatic heterocycles. The highest BCUT2D eigenvalue weighted by atomic mass is 79.9. The van der Waals surface area contributed by atoms with Gasteiger partial charge in [0, 0.05) is 22.0 Å². The first-order valence-electron chi connectivity index (χ1n) is 8.92. The van der Waals surface area contributed by atoms with E-state index in [2.05, 4.69) is 26.3 Å². The molecule has 1 N–H and O–H groups in total. The van der Waals surface area contributed by atoms with E-state index >= 15 is 0 Å². The fraction of sp³-hybridized carbons (Fsp3) is 0.190. The second-order valence-electron chi connectivity index (χ2n) is 6.75. The Kier molecular flexibility index (Phi) is 4.96. The van der Waals surface area contributed by atoms with Gasteiger partial charge >= 0.3 is 0 Å². The molecule has 1 atom stereocenters. The second-order valence-corrected chi connectivity index (χ2v) is 7.67. The molecular formula is C21H17BrFN3O3. The summed E-state index contributed by atoms with van der Waals surface area (Å²) in [6, 6.07) is 11.5. The smallest absolute Gasteiger partial charge is 0.226 e. The van der Waals surface area contributed by atoms with Crippen molar-refractivity contribution in [3.8, 4) is 11.4 Å². The molecule has 0 aliphatic carbocycles. The standard InChI is InChI=1S/C21H17BrFN3O3/c1-11-19-15(20(28)12-3-8-17(29-2)16(23)9-12)10-18(27)24-21(19)26(25-11)14-6-4-13(22)5-7-14/h3-9,15H,10H2,1-2H3,(H,24,27)/t15-/m1/s1. The summed E-state index contributed by atoms with van der Waals surface area (Å²) in [4.78, 5) is 25.6. The summed E-state index contributed by atoms with van der Waals surface area (Å²) < 4.78 is 21.6. The lowest BCUT2D eigenvalue weighted by atomic mass is 9.85. The van der Waals surface area contributed by atoms with Crippen molar-refractivity contribution in [3.63, 3.8) is 0 Å². The Balaban J connectivity index is 1.78. The van der Waals surface area contributed by atoms with Crippen LogP contribution >= 0.6 is 15.9 Å². The number of nitrogens with one attached hydrogen (secondary N) is 1. The number of fused-ring (bicyclic) bond motifs is 1. The fourth-order valence-electron chi connectivity index (χ4n) is 3.56. The molecule has 1 amide bonds. The Hall–Kier alpha value is -3.00. The number of rotatable bonds is 4. The van der Waals surface area contributed by atoms with E-state index in [1.807, 2.05) is 24.3 Å². The Bertz CT molecular complexity index is 1120. The number of hydrogen-bond acceptors (Lipinski definition) is 4. The van der Waals surface area contributed by atoms with Gasteiger partial charge in [0.2, 0.25) is 5.91 Å². The van der Waals surface area contributed by atoms with Gasteiger partial charge in [0.15, 0.2) is 17.3 Å². The Labute approximate surface area is 174 Å². The van der Waals surface area contributed by atoms with Crippen LogP contribution in [0.25, 0.3) is 5.69 Å². The average molecular weight is 458 g/mol. The molecule has 0 radical (unpaired) electrons. The minimum absolute atomic E-state index is 0.0215. The van der Waals surface area contributed by atoms with Crippen molar-refractivity contribution in [2.75, 3.05) is 12.4 Å². The predicted molar refractivity (Wildman–Crippen MR) is 109 cm³/mol. The highest BCUT2D eigenvalue weighted by molar-refractivity contribution is 9.10. The lowest BCUT2D eigenvalue weighted by Gasteiger charge is -2.23. The molecule has 0 spiro atoms. The van der Waals surface area contributed by atoms with Gasteiger partial charge in [-0.05, 0) is 49.4 Å². The molecule has 0 bridgehead atoms. The molecule has 0 fully saturated rings. The van der Waals surface area contributed by atoms with Crippen LogP contribution in [0.2, 0.25) is 0 Å². The van der Waals surface area contributed by atoms with Crippen molar-refractivity contribution >= 4 is 33.4 Å². The normalized spacial score (nSPS) is 15.6. The predicted octanol–water partition coefficient (Wildman–Crippen LogP) is 4.40. The quantitative estimate of drug-likeness (QED) is 0.589. The van der Waals surface area contributed by atoms with Crippen LogP contribution in [0.3, 0.4) is 0 Å². The molecule has 6 nitrogen and oxygen atoms in total. The molecule has 148 valence electrons. The summed E-state index contributed by atoms with van der Waals surface area (Å²) in [7, 11) is 1.36. The number of Topliss-reactive ketones (excluding diaryl/α,β-unsaturated/α-hetero) is 1.